The lowest BCUT2D eigenvalue weighted by Gasteiger charge is -2.36. The number of nitrogens with zero attached hydrogens (tertiary/aromatic N) is 4. The van der Waals surface area contributed by atoms with Crippen LogP contribution in [0.1, 0.15) is 33.1 Å². The molecule has 0 radical (unpaired) electrons. The molecule has 9 nitrogen and oxygen atoms in total. The Kier molecular flexibility index (Phi) is 11.9. The molecule has 0 spiro atoms. The number of carbonyl (C=O) groups excluding carboxylic acids is 1. The number of carbonyl (C=O) groups is 1. The number of piperazine rings is 1. The summed E-state index contributed by atoms with van der Waals surface area (Å²) in [5, 5.41) is 27.1. The van der Waals surface area contributed by atoms with Gasteiger partial charge in [-0.1, -0.05) is 74.5 Å². The number of para-hydroxylation sites is 1. The molecule has 3 N–H and O–H groups in total. The third kappa shape index (κ3) is 9.45. The fourth-order valence-corrected chi connectivity index (χ4v) is 5.91. The Morgan fingerprint density at radius 2 is 1.59 bits per heavy atom. The average Bonchev–Trinajstić information content (AvgIpc) is 3.49. The van der Waals surface area contributed by atoms with Crippen molar-refractivity contribution in [2.75, 3.05) is 44.2 Å². The van der Waals surface area contributed by atoms with Crippen LogP contribution in [0.5, 0.6) is 5.75 Å². The first-order valence-electron chi connectivity index (χ1n) is 16.4. The molecule has 5 rings (SSSR count). The number of anilines is 1. The zero-order chi connectivity index (χ0) is 32.3. The van der Waals surface area contributed by atoms with Crippen LogP contribution in [0, 0.1) is 5.92 Å². The SMILES string of the molecule is CC(C)CC(NC(=O)Cn1nc(-c2cccc(OCCCCN3CCN(c4ccccc4)CC3)c2)cc1-c1ccccc1)B(O)O. The largest absolute Gasteiger partial charge is 0.494 e. The van der Waals surface area contributed by atoms with Crippen LogP contribution in [0.3, 0.4) is 0 Å². The fraction of sp³-hybridized carbons (Fsp3) is 0.389. The summed E-state index contributed by atoms with van der Waals surface area (Å²) in [5.74, 6) is -0.0998. The first-order chi connectivity index (χ1) is 22.4. The number of benzene rings is 3. The van der Waals surface area contributed by atoms with Crippen LogP contribution in [-0.4, -0.2) is 83.0 Å². The van der Waals surface area contributed by atoms with Gasteiger partial charge in [-0.3, -0.25) is 14.4 Å². The van der Waals surface area contributed by atoms with E-state index in [9.17, 15) is 14.8 Å². The zero-order valence-corrected chi connectivity index (χ0v) is 27.0. The third-order valence-corrected chi connectivity index (χ3v) is 8.34. The van der Waals surface area contributed by atoms with Gasteiger partial charge in [-0.25, -0.2) is 0 Å². The molecule has 1 amide bonds. The minimum absolute atomic E-state index is 0.0525. The minimum atomic E-state index is -1.63. The van der Waals surface area contributed by atoms with E-state index in [1.54, 1.807) is 4.68 Å². The van der Waals surface area contributed by atoms with E-state index in [0.29, 0.717) is 13.0 Å². The molecule has 2 heterocycles. The molecule has 1 fully saturated rings. The first-order valence-corrected chi connectivity index (χ1v) is 16.4. The van der Waals surface area contributed by atoms with E-state index in [1.807, 2.05) is 74.5 Å². The quantitative estimate of drug-likeness (QED) is 0.130. The van der Waals surface area contributed by atoms with Gasteiger partial charge in [0.25, 0.3) is 0 Å². The van der Waals surface area contributed by atoms with Gasteiger partial charge in [-0.15, -0.1) is 0 Å². The summed E-state index contributed by atoms with van der Waals surface area (Å²) in [7, 11) is -1.63. The van der Waals surface area contributed by atoms with Gasteiger partial charge in [0, 0.05) is 37.4 Å². The number of hydrogen-bond donors (Lipinski definition) is 3. The van der Waals surface area contributed by atoms with Gasteiger partial charge in [0.1, 0.15) is 12.3 Å². The molecule has 10 heteroatoms. The van der Waals surface area contributed by atoms with Crippen molar-refractivity contribution in [1.82, 2.24) is 20.0 Å². The summed E-state index contributed by atoms with van der Waals surface area (Å²) >= 11 is 0. The number of unbranched alkanes of at least 4 members (excludes halogenated alkanes) is 1. The maximum Gasteiger partial charge on any atom is 0.475 e. The molecular weight excluding hydrogens is 577 g/mol. The van der Waals surface area contributed by atoms with Crippen LogP contribution in [0.15, 0.2) is 91.0 Å². The number of nitrogens with one attached hydrogen (secondary N) is 1. The smallest absolute Gasteiger partial charge is 0.475 e. The molecule has 1 aliphatic heterocycles. The lowest BCUT2D eigenvalue weighted by atomic mass is 9.75. The molecule has 0 bridgehead atoms. The van der Waals surface area contributed by atoms with Gasteiger partial charge >= 0.3 is 7.12 Å². The molecule has 46 heavy (non-hydrogen) atoms. The maximum absolute atomic E-state index is 13.0. The summed E-state index contributed by atoms with van der Waals surface area (Å²) in [6.45, 7) is 9.90. The van der Waals surface area contributed by atoms with Crippen LogP contribution in [0.2, 0.25) is 0 Å². The van der Waals surface area contributed by atoms with E-state index in [-0.39, 0.29) is 18.4 Å². The highest BCUT2D eigenvalue weighted by Gasteiger charge is 2.26. The van der Waals surface area contributed by atoms with E-state index in [2.05, 4.69) is 45.4 Å². The highest BCUT2D eigenvalue weighted by Crippen LogP contribution is 2.28. The van der Waals surface area contributed by atoms with Gasteiger partial charge in [0.05, 0.1) is 23.9 Å². The molecule has 0 aliphatic carbocycles. The molecule has 3 aromatic carbocycles. The molecule has 4 aromatic rings. The normalized spacial score (nSPS) is 14.3. The van der Waals surface area contributed by atoms with Crippen molar-refractivity contribution in [3.63, 3.8) is 0 Å². The van der Waals surface area contributed by atoms with Crippen LogP contribution in [0.25, 0.3) is 22.5 Å². The van der Waals surface area contributed by atoms with E-state index < -0.39 is 13.1 Å². The van der Waals surface area contributed by atoms with Crippen molar-refractivity contribution in [3.8, 4) is 28.3 Å². The Balaban J connectivity index is 1.16. The van der Waals surface area contributed by atoms with Gasteiger partial charge in [0.15, 0.2) is 0 Å². The molecule has 1 unspecified atom stereocenters. The van der Waals surface area contributed by atoms with Crippen LogP contribution >= 0.6 is 0 Å². The Morgan fingerprint density at radius 1 is 0.891 bits per heavy atom. The minimum Gasteiger partial charge on any atom is -0.494 e. The average molecular weight is 624 g/mol. The Morgan fingerprint density at radius 3 is 2.28 bits per heavy atom. The second-order valence-corrected chi connectivity index (χ2v) is 12.4. The summed E-state index contributed by atoms with van der Waals surface area (Å²) in [6.07, 6.45) is 2.52. The second kappa shape index (κ2) is 16.4. The Bertz CT molecular complexity index is 1510. The summed E-state index contributed by atoms with van der Waals surface area (Å²) < 4.78 is 7.81. The standard InChI is InChI=1S/C36H46BN5O4/c1-28(2)24-35(37(44)45)38-36(43)27-42-34(29-12-5-3-6-13-29)26-33(39-42)30-14-11-17-32(25-30)46-23-10-9-18-40-19-21-41(22-20-40)31-15-7-4-8-16-31/h3-8,11-17,25-26,28,35,44-45H,9-10,18-24,27H2,1-2H3,(H,38,43). The van der Waals surface area contributed by atoms with Crippen LogP contribution in [-0.2, 0) is 11.3 Å². The van der Waals surface area contributed by atoms with Crippen molar-refractivity contribution in [2.24, 2.45) is 5.92 Å². The van der Waals surface area contributed by atoms with Crippen molar-refractivity contribution < 1.29 is 19.6 Å². The summed E-state index contributed by atoms with van der Waals surface area (Å²) in [6, 6.07) is 30.3. The highest BCUT2D eigenvalue weighted by atomic mass is 16.5. The Labute approximate surface area is 273 Å². The topological polar surface area (TPSA) is 103 Å². The van der Waals surface area contributed by atoms with Crippen LogP contribution < -0.4 is 15.0 Å². The maximum atomic E-state index is 13.0. The highest BCUT2D eigenvalue weighted by molar-refractivity contribution is 6.43. The predicted octanol–water partition coefficient (Wildman–Crippen LogP) is 4.74. The third-order valence-electron chi connectivity index (χ3n) is 8.34. The molecule has 1 aromatic heterocycles. The van der Waals surface area contributed by atoms with Crippen molar-refractivity contribution in [2.45, 2.75) is 45.6 Å². The molecular formula is C36H46BN5O4. The van der Waals surface area contributed by atoms with Gasteiger partial charge in [-0.05, 0) is 67.6 Å². The van der Waals surface area contributed by atoms with Gasteiger partial charge in [-0.2, -0.15) is 5.10 Å². The second-order valence-electron chi connectivity index (χ2n) is 12.4. The first kappa shape index (κ1) is 33.3. The number of aromatic nitrogens is 2. The molecule has 1 saturated heterocycles. The monoisotopic (exact) mass is 623 g/mol. The van der Waals surface area contributed by atoms with Crippen LogP contribution in [0.4, 0.5) is 5.69 Å². The number of rotatable bonds is 15. The van der Waals surface area contributed by atoms with E-state index in [4.69, 9.17) is 9.84 Å². The van der Waals surface area contributed by atoms with E-state index >= 15 is 0 Å². The summed E-state index contributed by atoms with van der Waals surface area (Å²) in [4.78, 5) is 18.0. The van der Waals surface area contributed by atoms with Gasteiger partial charge < -0.3 is 25.0 Å². The van der Waals surface area contributed by atoms with Crippen molar-refractivity contribution in [1.29, 1.82) is 0 Å². The number of hydrogen-bond acceptors (Lipinski definition) is 7. The van der Waals surface area contributed by atoms with E-state index in [0.717, 1.165) is 73.8 Å². The molecule has 242 valence electrons. The van der Waals surface area contributed by atoms with Crippen molar-refractivity contribution in [3.05, 3.63) is 91.0 Å². The van der Waals surface area contributed by atoms with Gasteiger partial charge in [0.2, 0.25) is 5.91 Å². The summed E-state index contributed by atoms with van der Waals surface area (Å²) in [5.41, 5.74) is 4.66. The number of ether oxygens (including phenoxy) is 1. The van der Waals surface area contributed by atoms with E-state index in [1.165, 1.54) is 5.69 Å². The Hall–Kier alpha value is -4.12. The van der Waals surface area contributed by atoms with Crippen molar-refractivity contribution >= 4 is 18.7 Å². The zero-order valence-electron chi connectivity index (χ0n) is 27.0. The fourth-order valence-electron chi connectivity index (χ4n) is 5.91. The molecule has 1 atom stereocenters. The number of amides is 1. The lowest BCUT2D eigenvalue weighted by molar-refractivity contribution is -0.122. The lowest BCUT2D eigenvalue weighted by Crippen LogP contribution is -2.48. The predicted molar refractivity (Wildman–Crippen MR) is 185 cm³/mol. The molecule has 1 aliphatic rings. The molecule has 0 saturated carbocycles.